The molecule has 1 aromatic heterocycles. The maximum Gasteiger partial charge on any atom is 0.106 e. The molecular formula is C11H19NO2. The lowest BCUT2D eigenvalue weighted by Gasteiger charge is -2.36. The monoisotopic (exact) mass is 197 g/mol. The summed E-state index contributed by atoms with van der Waals surface area (Å²) in [4.78, 5) is 2.01. The van der Waals surface area contributed by atoms with Gasteiger partial charge in [-0.25, -0.2) is 0 Å². The van der Waals surface area contributed by atoms with Crippen molar-refractivity contribution in [3.8, 4) is 0 Å². The molecule has 0 fully saturated rings. The van der Waals surface area contributed by atoms with Crippen molar-refractivity contribution in [2.45, 2.75) is 31.9 Å². The van der Waals surface area contributed by atoms with Crippen molar-refractivity contribution >= 4 is 0 Å². The Morgan fingerprint density at radius 3 is 2.57 bits per heavy atom. The molecule has 80 valence electrons. The number of nitrogens with zero attached hydrogens (tertiary/aromatic N) is 1. The molecule has 1 unspecified atom stereocenters. The molecule has 0 radical (unpaired) electrons. The fraction of sp³-hybridized carbons (Fsp3) is 0.636. The minimum Gasteiger partial charge on any atom is -0.469 e. The summed E-state index contributed by atoms with van der Waals surface area (Å²) in [5.41, 5.74) is -0.243. The van der Waals surface area contributed by atoms with E-state index in [1.165, 1.54) is 0 Å². The van der Waals surface area contributed by atoms with Crippen LogP contribution in [0.25, 0.3) is 0 Å². The van der Waals surface area contributed by atoms with Gasteiger partial charge in [-0.3, -0.25) is 0 Å². The Balaban J connectivity index is 2.62. The zero-order valence-corrected chi connectivity index (χ0v) is 9.32. The van der Waals surface area contributed by atoms with Gasteiger partial charge in [-0.1, -0.05) is 0 Å². The van der Waals surface area contributed by atoms with Gasteiger partial charge in [-0.2, -0.15) is 0 Å². The third kappa shape index (κ3) is 2.36. The minimum absolute atomic E-state index is 0.243. The predicted molar refractivity (Wildman–Crippen MR) is 56.2 cm³/mol. The zero-order valence-electron chi connectivity index (χ0n) is 9.32. The topological polar surface area (TPSA) is 36.6 Å². The summed E-state index contributed by atoms with van der Waals surface area (Å²) in [6, 6.07) is 3.72. The van der Waals surface area contributed by atoms with E-state index in [4.69, 9.17) is 4.42 Å². The van der Waals surface area contributed by atoms with E-state index in [2.05, 4.69) is 0 Å². The summed E-state index contributed by atoms with van der Waals surface area (Å²) in [5, 5.41) is 10.0. The molecule has 0 bridgehead atoms. The van der Waals surface area contributed by atoms with Gasteiger partial charge in [0.1, 0.15) is 5.76 Å². The normalized spacial score (nSPS) is 14.7. The fourth-order valence-electron chi connectivity index (χ4n) is 1.17. The Bertz CT molecular complexity index is 265. The maximum atomic E-state index is 10.0. The molecule has 0 aromatic carbocycles. The van der Waals surface area contributed by atoms with Gasteiger partial charge in [0.25, 0.3) is 0 Å². The maximum absolute atomic E-state index is 10.0. The molecular weight excluding hydrogens is 178 g/mol. The van der Waals surface area contributed by atoms with E-state index in [0.29, 0.717) is 6.42 Å². The van der Waals surface area contributed by atoms with Gasteiger partial charge in [0.15, 0.2) is 0 Å². The molecule has 3 nitrogen and oxygen atoms in total. The quantitative estimate of drug-likeness (QED) is 0.795. The second kappa shape index (κ2) is 4.15. The first kappa shape index (κ1) is 11.3. The first-order valence-electron chi connectivity index (χ1n) is 4.82. The van der Waals surface area contributed by atoms with Gasteiger partial charge in [-0.15, -0.1) is 0 Å². The van der Waals surface area contributed by atoms with Gasteiger partial charge in [0.05, 0.1) is 12.4 Å². The molecule has 0 aliphatic rings. The van der Waals surface area contributed by atoms with Crippen LogP contribution in [-0.4, -0.2) is 35.7 Å². The van der Waals surface area contributed by atoms with Crippen LogP contribution in [-0.2, 0) is 6.42 Å². The number of rotatable bonds is 4. The fourth-order valence-corrected chi connectivity index (χ4v) is 1.17. The molecule has 1 aromatic rings. The Morgan fingerprint density at radius 2 is 2.14 bits per heavy atom. The van der Waals surface area contributed by atoms with Gasteiger partial charge in [-0.05, 0) is 40.1 Å². The number of hydrogen-bond acceptors (Lipinski definition) is 3. The first-order valence-corrected chi connectivity index (χ1v) is 4.82. The molecule has 0 saturated heterocycles. The van der Waals surface area contributed by atoms with Crippen LogP contribution < -0.4 is 0 Å². The molecule has 1 N–H and O–H groups in total. The van der Waals surface area contributed by atoms with Gasteiger partial charge >= 0.3 is 0 Å². The molecule has 3 heteroatoms. The average molecular weight is 197 g/mol. The summed E-state index contributed by atoms with van der Waals surface area (Å²) in [5.74, 6) is 0.826. The highest BCUT2D eigenvalue weighted by Crippen LogP contribution is 2.19. The van der Waals surface area contributed by atoms with Crippen LogP contribution in [0.3, 0.4) is 0 Å². The van der Waals surface area contributed by atoms with Crippen molar-refractivity contribution in [1.82, 2.24) is 4.90 Å². The Morgan fingerprint density at radius 1 is 1.50 bits per heavy atom. The van der Waals surface area contributed by atoms with Crippen LogP contribution in [0.15, 0.2) is 22.8 Å². The molecule has 1 heterocycles. The number of hydrogen-bond donors (Lipinski definition) is 1. The van der Waals surface area contributed by atoms with E-state index in [9.17, 15) is 5.11 Å². The van der Waals surface area contributed by atoms with E-state index in [0.717, 1.165) is 5.76 Å². The molecule has 1 atom stereocenters. The highest BCUT2D eigenvalue weighted by molar-refractivity contribution is 5.02. The molecule has 0 aliphatic carbocycles. The van der Waals surface area contributed by atoms with Gasteiger partial charge in [0, 0.05) is 12.0 Å². The SMILES string of the molecule is CN(C)C(C)(C)C(O)Cc1ccco1. The van der Waals surface area contributed by atoms with Crippen molar-refractivity contribution in [3.05, 3.63) is 24.2 Å². The highest BCUT2D eigenvalue weighted by Gasteiger charge is 2.30. The molecule has 0 aliphatic heterocycles. The molecule has 1 rings (SSSR count). The minimum atomic E-state index is -0.427. The number of aliphatic hydroxyl groups excluding tert-OH is 1. The molecule has 0 spiro atoms. The summed E-state index contributed by atoms with van der Waals surface area (Å²) in [6.45, 7) is 4.03. The van der Waals surface area contributed by atoms with Crippen molar-refractivity contribution in [2.75, 3.05) is 14.1 Å². The zero-order chi connectivity index (χ0) is 10.8. The number of furan rings is 1. The van der Waals surface area contributed by atoms with Gasteiger partial charge in [0.2, 0.25) is 0 Å². The van der Waals surface area contributed by atoms with Crippen molar-refractivity contribution in [1.29, 1.82) is 0 Å². The lowest BCUT2D eigenvalue weighted by Crippen LogP contribution is -2.49. The van der Waals surface area contributed by atoms with Crippen LogP contribution >= 0.6 is 0 Å². The summed E-state index contributed by atoms with van der Waals surface area (Å²) >= 11 is 0. The van der Waals surface area contributed by atoms with E-state index in [1.807, 2.05) is 45.0 Å². The Labute approximate surface area is 85.3 Å². The summed E-state index contributed by atoms with van der Waals surface area (Å²) in [7, 11) is 3.93. The Hall–Kier alpha value is -0.800. The van der Waals surface area contributed by atoms with Crippen LogP contribution in [0.4, 0.5) is 0 Å². The number of aliphatic hydroxyl groups is 1. The van der Waals surface area contributed by atoms with E-state index in [1.54, 1.807) is 6.26 Å². The first-order chi connectivity index (χ1) is 6.44. The second-order valence-electron chi connectivity index (χ2n) is 4.35. The summed E-state index contributed by atoms with van der Waals surface area (Å²) in [6.07, 6.45) is 1.76. The summed E-state index contributed by atoms with van der Waals surface area (Å²) < 4.78 is 5.20. The molecule has 14 heavy (non-hydrogen) atoms. The van der Waals surface area contributed by atoms with Crippen molar-refractivity contribution in [3.63, 3.8) is 0 Å². The van der Waals surface area contributed by atoms with E-state index in [-0.39, 0.29) is 5.54 Å². The molecule has 0 amide bonds. The van der Waals surface area contributed by atoms with Gasteiger partial charge < -0.3 is 14.4 Å². The predicted octanol–water partition coefficient (Wildman–Crippen LogP) is 1.52. The third-order valence-corrected chi connectivity index (χ3v) is 2.94. The average Bonchev–Trinajstić information content (AvgIpc) is 2.56. The van der Waals surface area contributed by atoms with Crippen LogP contribution in [0.5, 0.6) is 0 Å². The third-order valence-electron chi connectivity index (χ3n) is 2.94. The highest BCUT2D eigenvalue weighted by atomic mass is 16.3. The lowest BCUT2D eigenvalue weighted by atomic mass is 9.93. The Kier molecular flexibility index (Phi) is 3.34. The standard InChI is InChI=1S/C11H19NO2/c1-11(2,12(3)4)10(13)8-9-6-5-7-14-9/h5-7,10,13H,8H2,1-4H3. The van der Waals surface area contributed by atoms with Crippen LogP contribution in [0.1, 0.15) is 19.6 Å². The number of likely N-dealkylation sites (N-methyl/N-ethyl adjacent to an activating group) is 1. The van der Waals surface area contributed by atoms with Crippen LogP contribution in [0.2, 0.25) is 0 Å². The van der Waals surface area contributed by atoms with Crippen molar-refractivity contribution < 1.29 is 9.52 Å². The van der Waals surface area contributed by atoms with Crippen molar-refractivity contribution in [2.24, 2.45) is 0 Å². The second-order valence-corrected chi connectivity index (χ2v) is 4.35. The smallest absolute Gasteiger partial charge is 0.106 e. The molecule has 0 saturated carbocycles. The largest absolute Gasteiger partial charge is 0.469 e. The van der Waals surface area contributed by atoms with E-state index >= 15 is 0 Å². The van der Waals surface area contributed by atoms with E-state index < -0.39 is 6.10 Å². The van der Waals surface area contributed by atoms with Crippen LogP contribution in [0, 0.1) is 0 Å². The lowest BCUT2D eigenvalue weighted by molar-refractivity contribution is 0.0153.